The van der Waals surface area contributed by atoms with Gasteiger partial charge >= 0.3 is 12.0 Å². The van der Waals surface area contributed by atoms with Crippen LogP contribution in [0.15, 0.2) is 36.7 Å². The molecule has 0 aliphatic heterocycles. The highest BCUT2D eigenvalue weighted by atomic mass is 16.4. The van der Waals surface area contributed by atoms with Crippen molar-refractivity contribution in [3.63, 3.8) is 0 Å². The van der Waals surface area contributed by atoms with E-state index in [0.29, 0.717) is 12.4 Å². The summed E-state index contributed by atoms with van der Waals surface area (Å²) in [6.45, 7) is 0.635. The molecule has 110 valence electrons. The molecule has 0 aliphatic rings. The van der Waals surface area contributed by atoms with Crippen LogP contribution in [0.2, 0.25) is 0 Å². The van der Waals surface area contributed by atoms with Gasteiger partial charge in [-0.2, -0.15) is 0 Å². The minimum atomic E-state index is -0.988. The molecule has 0 fully saturated rings. The van der Waals surface area contributed by atoms with Crippen LogP contribution in [0.4, 0.5) is 4.79 Å². The lowest BCUT2D eigenvalue weighted by Crippen LogP contribution is -2.36. The lowest BCUT2D eigenvalue weighted by atomic mass is 10.1. The summed E-state index contributed by atoms with van der Waals surface area (Å²) in [5.41, 5.74) is 0.931. The van der Waals surface area contributed by atoms with Crippen LogP contribution in [-0.2, 0) is 13.1 Å². The van der Waals surface area contributed by atoms with Gasteiger partial charge in [-0.3, -0.25) is 0 Å². The third-order valence-corrected chi connectivity index (χ3v) is 2.91. The van der Waals surface area contributed by atoms with Gasteiger partial charge in [-0.15, -0.1) is 0 Å². The second-order valence-electron chi connectivity index (χ2n) is 4.56. The monoisotopic (exact) mass is 288 g/mol. The van der Waals surface area contributed by atoms with Crippen molar-refractivity contribution in [2.75, 3.05) is 7.05 Å². The van der Waals surface area contributed by atoms with Crippen molar-refractivity contribution in [2.45, 2.75) is 13.1 Å². The van der Waals surface area contributed by atoms with Crippen molar-refractivity contribution in [1.82, 2.24) is 20.2 Å². The van der Waals surface area contributed by atoms with Crippen molar-refractivity contribution in [1.29, 1.82) is 0 Å². The molecule has 0 aliphatic carbocycles. The number of H-pyrrole nitrogens is 1. The maximum absolute atomic E-state index is 11.9. The van der Waals surface area contributed by atoms with Crippen LogP contribution in [0.1, 0.15) is 21.7 Å². The molecule has 0 radical (unpaired) electrons. The number of aromatic nitrogens is 2. The number of carbonyl (C=O) groups is 2. The molecule has 7 heteroatoms. The Hall–Kier alpha value is -2.83. The summed E-state index contributed by atoms with van der Waals surface area (Å²) < 4.78 is 0. The normalized spacial score (nSPS) is 10.1. The smallest absolute Gasteiger partial charge is 0.335 e. The molecule has 2 rings (SSSR count). The van der Waals surface area contributed by atoms with Crippen molar-refractivity contribution in [2.24, 2.45) is 0 Å². The van der Waals surface area contributed by atoms with E-state index in [2.05, 4.69) is 15.3 Å². The lowest BCUT2D eigenvalue weighted by molar-refractivity contribution is 0.0696. The van der Waals surface area contributed by atoms with Gasteiger partial charge in [0.15, 0.2) is 0 Å². The number of imidazole rings is 1. The molecule has 0 atom stereocenters. The standard InChI is InChI=1S/C14H16N4O3/c1-18(9-12-15-5-6-16-12)14(21)17-8-10-3-2-4-11(7-10)13(19)20/h2-7H,8-9H2,1H3,(H,15,16)(H,17,21)(H,19,20). The first-order chi connectivity index (χ1) is 10.1. The Kier molecular flexibility index (Phi) is 4.55. The predicted octanol–water partition coefficient (Wildman–Crippen LogP) is 1.45. The number of rotatable bonds is 5. The number of benzene rings is 1. The van der Waals surface area contributed by atoms with Gasteiger partial charge in [0.05, 0.1) is 12.1 Å². The molecule has 1 heterocycles. The van der Waals surface area contributed by atoms with Gasteiger partial charge in [-0.05, 0) is 17.7 Å². The van der Waals surface area contributed by atoms with Crippen molar-refractivity contribution < 1.29 is 14.7 Å². The molecule has 3 N–H and O–H groups in total. The van der Waals surface area contributed by atoms with Crippen LogP contribution in [-0.4, -0.2) is 39.0 Å². The maximum Gasteiger partial charge on any atom is 0.335 e. The SMILES string of the molecule is CN(Cc1ncc[nH]1)C(=O)NCc1cccc(C(=O)O)c1. The summed E-state index contributed by atoms with van der Waals surface area (Å²) in [6.07, 6.45) is 3.32. The largest absolute Gasteiger partial charge is 0.478 e. The molecular weight excluding hydrogens is 272 g/mol. The Morgan fingerprint density at radius 1 is 1.43 bits per heavy atom. The van der Waals surface area contributed by atoms with Crippen LogP contribution in [0.5, 0.6) is 0 Å². The van der Waals surface area contributed by atoms with Gasteiger partial charge in [-0.1, -0.05) is 12.1 Å². The number of amides is 2. The number of urea groups is 1. The van der Waals surface area contributed by atoms with Crippen molar-refractivity contribution in [3.05, 3.63) is 53.6 Å². The third-order valence-electron chi connectivity index (χ3n) is 2.91. The highest BCUT2D eigenvalue weighted by molar-refractivity contribution is 5.87. The molecule has 21 heavy (non-hydrogen) atoms. The molecule has 0 saturated carbocycles. The number of aromatic amines is 1. The molecule has 0 saturated heterocycles. The minimum Gasteiger partial charge on any atom is -0.478 e. The lowest BCUT2D eigenvalue weighted by Gasteiger charge is -2.16. The molecule has 0 bridgehead atoms. The van der Waals surface area contributed by atoms with E-state index in [4.69, 9.17) is 5.11 Å². The number of nitrogens with one attached hydrogen (secondary N) is 2. The second-order valence-corrected chi connectivity index (χ2v) is 4.56. The molecule has 1 aromatic carbocycles. The summed E-state index contributed by atoms with van der Waals surface area (Å²) in [4.78, 5) is 31.2. The molecule has 0 unspecified atom stereocenters. The summed E-state index contributed by atoms with van der Waals surface area (Å²) in [5, 5.41) is 11.6. The average molecular weight is 288 g/mol. The summed E-state index contributed by atoms with van der Waals surface area (Å²) in [7, 11) is 1.66. The first kappa shape index (κ1) is 14.6. The van der Waals surface area contributed by atoms with E-state index in [1.165, 1.54) is 17.0 Å². The van der Waals surface area contributed by atoms with E-state index in [1.807, 2.05) is 0 Å². The Labute approximate surface area is 121 Å². The summed E-state index contributed by atoms with van der Waals surface area (Å²) in [5.74, 6) is -0.293. The minimum absolute atomic E-state index is 0.200. The molecule has 7 nitrogen and oxygen atoms in total. The second kappa shape index (κ2) is 6.56. The van der Waals surface area contributed by atoms with E-state index >= 15 is 0 Å². The van der Waals surface area contributed by atoms with E-state index in [-0.39, 0.29) is 18.1 Å². The van der Waals surface area contributed by atoms with Gasteiger partial charge in [0, 0.05) is 26.0 Å². The number of aromatic carboxylic acids is 1. The third kappa shape index (κ3) is 4.07. The van der Waals surface area contributed by atoms with Crippen LogP contribution < -0.4 is 5.32 Å². The predicted molar refractivity (Wildman–Crippen MR) is 75.7 cm³/mol. The molecule has 2 amide bonds. The fraction of sp³-hybridized carbons (Fsp3) is 0.214. The van der Waals surface area contributed by atoms with Crippen molar-refractivity contribution >= 4 is 12.0 Å². The number of carboxylic acids is 1. The first-order valence-corrected chi connectivity index (χ1v) is 6.35. The quantitative estimate of drug-likeness (QED) is 0.775. The van der Waals surface area contributed by atoms with Crippen LogP contribution in [0, 0.1) is 0 Å². The molecule has 2 aromatic rings. The van der Waals surface area contributed by atoms with E-state index in [1.54, 1.807) is 31.6 Å². The molecular formula is C14H16N4O3. The number of hydrogen-bond acceptors (Lipinski definition) is 3. The van der Waals surface area contributed by atoms with Crippen molar-refractivity contribution in [3.8, 4) is 0 Å². The van der Waals surface area contributed by atoms with Gasteiger partial charge in [0.25, 0.3) is 0 Å². The first-order valence-electron chi connectivity index (χ1n) is 6.35. The van der Waals surface area contributed by atoms with Crippen LogP contribution in [0.3, 0.4) is 0 Å². The number of hydrogen-bond donors (Lipinski definition) is 3. The number of nitrogens with zero attached hydrogens (tertiary/aromatic N) is 2. The van der Waals surface area contributed by atoms with Gasteiger partial charge < -0.3 is 20.3 Å². The van der Waals surface area contributed by atoms with Gasteiger partial charge in [-0.25, -0.2) is 14.6 Å². The topological polar surface area (TPSA) is 98.3 Å². The van der Waals surface area contributed by atoms with E-state index in [9.17, 15) is 9.59 Å². The Bertz CT molecular complexity index is 625. The summed E-state index contributed by atoms with van der Waals surface area (Å²) in [6, 6.07) is 6.20. The summed E-state index contributed by atoms with van der Waals surface area (Å²) >= 11 is 0. The number of carboxylic acid groups (broad SMARTS) is 1. The highest BCUT2D eigenvalue weighted by Gasteiger charge is 2.10. The molecule has 0 spiro atoms. The Morgan fingerprint density at radius 2 is 2.24 bits per heavy atom. The fourth-order valence-corrected chi connectivity index (χ4v) is 1.81. The zero-order chi connectivity index (χ0) is 15.2. The Balaban J connectivity index is 1.88. The van der Waals surface area contributed by atoms with Gasteiger partial charge in [0.1, 0.15) is 5.82 Å². The average Bonchev–Trinajstić information content (AvgIpc) is 2.97. The van der Waals surface area contributed by atoms with E-state index in [0.717, 1.165) is 5.56 Å². The van der Waals surface area contributed by atoms with Gasteiger partial charge in [0.2, 0.25) is 0 Å². The molecule has 1 aromatic heterocycles. The van der Waals surface area contributed by atoms with E-state index < -0.39 is 5.97 Å². The zero-order valence-corrected chi connectivity index (χ0v) is 11.5. The Morgan fingerprint density at radius 3 is 2.90 bits per heavy atom. The van der Waals surface area contributed by atoms with Crippen LogP contribution in [0.25, 0.3) is 0 Å². The van der Waals surface area contributed by atoms with Crippen LogP contribution >= 0.6 is 0 Å². The highest BCUT2D eigenvalue weighted by Crippen LogP contribution is 2.05. The fourth-order valence-electron chi connectivity index (χ4n) is 1.81. The zero-order valence-electron chi connectivity index (χ0n) is 11.5. The number of carbonyl (C=O) groups excluding carboxylic acids is 1. The maximum atomic E-state index is 11.9.